The van der Waals surface area contributed by atoms with Gasteiger partial charge in [0.25, 0.3) is 0 Å². The maximum absolute atomic E-state index is 5.90. The molecule has 0 saturated heterocycles. The summed E-state index contributed by atoms with van der Waals surface area (Å²) in [6.07, 6.45) is 0. The Kier molecular flexibility index (Phi) is 4.01. The van der Waals surface area contributed by atoms with Crippen molar-refractivity contribution in [3.63, 3.8) is 0 Å². The van der Waals surface area contributed by atoms with Crippen LogP contribution in [0.25, 0.3) is 22.8 Å². The van der Waals surface area contributed by atoms with Crippen LogP contribution in [-0.4, -0.2) is 15.0 Å². The van der Waals surface area contributed by atoms with Crippen LogP contribution in [0, 0.1) is 4.77 Å². The number of rotatable bonds is 2. The van der Waals surface area contributed by atoms with Gasteiger partial charge in [-0.3, -0.25) is 0 Å². The molecule has 3 nitrogen and oxygen atoms in total. The predicted octanol–water partition coefficient (Wildman–Crippen LogP) is 5.17. The Hall–Kier alpha value is -1.75. The van der Waals surface area contributed by atoms with Crippen LogP contribution in [0.4, 0.5) is 0 Å². The largest absolute Gasteiger partial charge is 0.324 e. The Morgan fingerprint density at radius 1 is 0.714 bits per heavy atom. The molecule has 0 radical (unpaired) electrons. The van der Waals surface area contributed by atoms with Crippen LogP contribution in [-0.2, 0) is 0 Å². The Bertz CT molecular complexity index is 760. The van der Waals surface area contributed by atoms with Crippen LogP contribution in [0.3, 0.4) is 0 Å². The molecule has 2 aromatic carbocycles. The van der Waals surface area contributed by atoms with Crippen molar-refractivity contribution < 1.29 is 0 Å². The lowest BCUT2D eigenvalue weighted by atomic mass is 10.2. The monoisotopic (exact) mass is 333 g/mol. The maximum atomic E-state index is 5.90. The number of aromatic amines is 1. The normalized spacial score (nSPS) is 10.6. The minimum Gasteiger partial charge on any atom is -0.324 e. The average Bonchev–Trinajstić information content (AvgIpc) is 2.48. The van der Waals surface area contributed by atoms with E-state index in [9.17, 15) is 0 Å². The molecule has 0 unspecified atom stereocenters. The summed E-state index contributed by atoms with van der Waals surface area (Å²) < 4.78 is 0.281. The van der Waals surface area contributed by atoms with Crippen LogP contribution in [0.15, 0.2) is 48.5 Å². The second kappa shape index (κ2) is 5.93. The molecular weight excluding hydrogens is 325 g/mol. The van der Waals surface area contributed by atoms with Gasteiger partial charge in [0.1, 0.15) is 11.6 Å². The highest BCUT2D eigenvalue weighted by molar-refractivity contribution is 7.71. The molecule has 1 aromatic heterocycles. The van der Waals surface area contributed by atoms with E-state index in [1.54, 1.807) is 24.3 Å². The molecule has 0 aliphatic rings. The molecule has 0 bridgehead atoms. The first-order chi connectivity index (χ1) is 10.1. The number of hydrogen-bond acceptors (Lipinski definition) is 3. The number of nitrogens with one attached hydrogen (secondary N) is 1. The smallest absolute Gasteiger partial charge is 0.223 e. The van der Waals surface area contributed by atoms with Gasteiger partial charge in [0.05, 0.1) is 0 Å². The van der Waals surface area contributed by atoms with E-state index in [1.807, 2.05) is 24.3 Å². The number of benzene rings is 2. The molecule has 0 atom stereocenters. The minimum atomic E-state index is 0.281. The molecule has 0 aliphatic heterocycles. The quantitative estimate of drug-likeness (QED) is 0.657. The highest BCUT2D eigenvalue weighted by Gasteiger charge is 2.06. The molecule has 0 amide bonds. The molecular formula is C15H9Cl2N3S. The Morgan fingerprint density at radius 2 is 1.10 bits per heavy atom. The van der Waals surface area contributed by atoms with E-state index < -0.39 is 0 Å². The first kappa shape index (κ1) is 14.2. The van der Waals surface area contributed by atoms with Gasteiger partial charge >= 0.3 is 0 Å². The van der Waals surface area contributed by atoms with E-state index >= 15 is 0 Å². The van der Waals surface area contributed by atoms with Gasteiger partial charge in [-0.1, -0.05) is 23.2 Å². The SMILES string of the molecule is S=c1nc(-c2ccc(Cl)cc2)[nH]c(-c2ccc(Cl)cc2)n1. The van der Waals surface area contributed by atoms with Crippen LogP contribution >= 0.6 is 35.4 Å². The fourth-order valence-corrected chi connectivity index (χ4v) is 2.31. The summed E-state index contributed by atoms with van der Waals surface area (Å²) in [5.41, 5.74) is 1.78. The van der Waals surface area contributed by atoms with E-state index in [-0.39, 0.29) is 4.77 Å². The number of hydrogen-bond donors (Lipinski definition) is 1. The zero-order valence-corrected chi connectivity index (χ0v) is 13.0. The summed E-state index contributed by atoms with van der Waals surface area (Å²) in [5, 5.41) is 1.34. The highest BCUT2D eigenvalue weighted by Crippen LogP contribution is 2.22. The summed E-state index contributed by atoms with van der Waals surface area (Å²) in [6.45, 7) is 0. The van der Waals surface area contributed by atoms with Crippen molar-refractivity contribution in [2.75, 3.05) is 0 Å². The van der Waals surface area contributed by atoms with Gasteiger partial charge in [-0.15, -0.1) is 0 Å². The molecule has 21 heavy (non-hydrogen) atoms. The molecule has 0 saturated carbocycles. The summed E-state index contributed by atoms with van der Waals surface area (Å²) >= 11 is 16.9. The molecule has 6 heteroatoms. The van der Waals surface area contributed by atoms with E-state index in [2.05, 4.69) is 15.0 Å². The molecule has 1 heterocycles. The average molecular weight is 334 g/mol. The lowest BCUT2D eigenvalue weighted by molar-refractivity contribution is 1.04. The molecule has 3 aromatic rings. The highest BCUT2D eigenvalue weighted by atomic mass is 35.5. The Labute approximate surface area is 136 Å². The molecule has 3 rings (SSSR count). The molecule has 1 N–H and O–H groups in total. The molecule has 0 spiro atoms. The van der Waals surface area contributed by atoms with E-state index in [0.29, 0.717) is 21.7 Å². The van der Waals surface area contributed by atoms with E-state index in [0.717, 1.165) is 11.1 Å². The van der Waals surface area contributed by atoms with Crippen molar-refractivity contribution in [3.8, 4) is 22.8 Å². The Balaban J connectivity index is 2.10. The summed E-state index contributed by atoms with van der Waals surface area (Å²) in [7, 11) is 0. The van der Waals surface area contributed by atoms with Crippen LogP contribution in [0.5, 0.6) is 0 Å². The molecule has 0 aliphatic carbocycles. The van der Waals surface area contributed by atoms with Crippen molar-refractivity contribution in [3.05, 3.63) is 63.3 Å². The summed E-state index contributed by atoms with van der Waals surface area (Å²) in [5.74, 6) is 1.30. The maximum Gasteiger partial charge on any atom is 0.223 e. The number of H-pyrrole nitrogens is 1. The zero-order valence-electron chi connectivity index (χ0n) is 10.7. The summed E-state index contributed by atoms with van der Waals surface area (Å²) in [6, 6.07) is 14.7. The summed E-state index contributed by atoms with van der Waals surface area (Å²) in [4.78, 5) is 11.7. The van der Waals surface area contributed by atoms with Crippen LogP contribution in [0.1, 0.15) is 0 Å². The topological polar surface area (TPSA) is 41.6 Å². The third-order valence-electron chi connectivity index (χ3n) is 2.89. The van der Waals surface area contributed by atoms with Crippen molar-refractivity contribution >= 4 is 35.4 Å². The van der Waals surface area contributed by atoms with Crippen molar-refractivity contribution in [1.82, 2.24) is 15.0 Å². The number of nitrogens with zero attached hydrogens (tertiary/aromatic N) is 2. The van der Waals surface area contributed by atoms with Crippen molar-refractivity contribution in [2.45, 2.75) is 0 Å². The van der Waals surface area contributed by atoms with Gasteiger partial charge in [0.2, 0.25) is 4.77 Å². The third kappa shape index (κ3) is 3.29. The predicted molar refractivity (Wildman–Crippen MR) is 88.1 cm³/mol. The Morgan fingerprint density at radius 3 is 1.48 bits per heavy atom. The fourth-order valence-electron chi connectivity index (χ4n) is 1.87. The van der Waals surface area contributed by atoms with Gasteiger partial charge in [-0.25, -0.2) is 9.97 Å². The number of halogens is 2. The third-order valence-corrected chi connectivity index (χ3v) is 3.57. The van der Waals surface area contributed by atoms with Crippen LogP contribution in [0.2, 0.25) is 10.0 Å². The van der Waals surface area contributed by atoms with Crippen molar-refractivity contribution in [2.24, 2.45) is 0 Å². The van der Waals surface area contributed by atoms with Gasteiger partial charge in [-0.05, 0) is 60.7 Å². The van der Waals surface area contributed by atoms with E-state index in [1.165, 1.54) is 0 Å². The van der Waals surface area contributed by atoms with Gasteiger partial charge < -0.3 is 4.98 Å². The lowest BCUT2D eigenvalue weighted by Gasteiger charge is -2.05. The van der Waals surface area contributed by atoms with E-state index in [4.69, 9.17) is 35.4 Å². The standard InChI is InChI=1S/C15H9Cl2N3S/c16-11-5-1-9(2-6-11)13-18-14(20-15(21)19-13)10-3-7-12(17)8-4-10/h1-8H,(H,18,19,20,21). The van der Waals surface area contributed by atoms with Gasteiger partial charge in [0, 0.05) is 21.2 Å². The lowest BCUT2D eigenvalue weighted by Crippen LogP contribution is -1.96. The fraction of sp³-hybridized carbons (Fsp3) is 0. The number of aromatic nitrogens is 3. The second-order valence-corrected chi connectivity index (χ2v) is 5.58. The molecule has 104 valence electrons. The molecule has 0 fully saturated rings. The van der Waals surface area contributed by atoms with Gasteiger partial charge in [-0.2, -0.15) is 0 Å². The van der Waals surface area contributed by atoms with Crippen LogP contribution < -0.4 is 0 Å². The first-order valence-electron chi connectivity index (χ1n) is 6.12. The van der Waals surface area contributed by atoms with Crippen molar-refractivity contribution in [1.29, 1.82) is 0 Å². The minimum absolute atomic E-state index is 0.281. The second-order valence-electron chi connectivity index (χ2n) is 4.34. The first-order valence-corrected chi connectivity index (χ1v) is 7.28. The zero-order chi connectivity index (χ0) is 14.8. The van der Waals surface area contributed by atoms with Gasteiger partial charge in [0.15, 0.2) is 0 Å².